The van der Waals surface area contributed by atoms with Gasteiger partial charge in [0.05, 0.1) is 10.5 Å². The van der Waals surface area contributed by atoms with E-state index in [1.807, 2.05) is 6.92 Å². The Hall–Kier alpha value is -0.750. The minimum Gasteiger partial charge on any atom is -0.271 e. The molecule has 2 aromatic rings. The predicted octanol–water partition coefficient (Wildman–Crippen LogP) is 3.51. The zero-order valence-electron chi connectivity index (χ0n) is 9.21. The Balaban J connectivity index is 2.38. The first-order valence-corrected chi connectivity index (χ1v) is 6.75. The van der Waals surface area contributed by atoms with Crippen LogP contribution in [-0.2, 0) is 0 Å². The number of halogens is 2. The van der Waals surface area contributed by atoms with Crippen LogP contribution in [0.3, 0.4) is 0 Å². The molecule has 0 aliphatic carbocycles. The monoisotopic (exact) mass is 314 g/mol. The standard InChI is InChI=1S/C12H12BrFN2S/c1-7-4-9(6-17-7)12(16-15)8-2-3-11(14)10(13)5-8/h2-6,12,16H,15H2,1H3. The summed E-state index contributed by atoms with van der Waals surface area (Å²) < 4.78 is 13.6. The number of benzene rings is 1. The maximum Gasteiger partial charge on any atom is 0.137 e. The molecular weight excluding hydrogens is 303 g/mol. The predicted molar refractivity (Wildman–Crippen MR) is 72.3 cm³/mol. The Labute approximate surface area is 112 Å². The molecule has 5 heteroatoms. The first-order valence-electron chi connectivity index (χ1n) is 5.08. The average molecular weight is 315 g/mol. The van der Waals surface area contributed by atoms with Crippen LogP contribution in [0.4, 0.5) is 4.39 Å². The fourth-order valence-electron chi connectivity index (χ4n) is 1.69. The summed E-state index contributed by atoms with van der Waals surface area (Å²) in [5.41, 5.74) is 4.78. The van der Waals surface area contributed by atoms with Crippen molar-refractivity contribution in [2.45, 2.75) is 13.0 Å². The first kappa shape index (κ1) is 12.7. The summed E-state index contributed by atoms with van der Waals surface area (Å²) in [5.74, 6) is 5.31. The van der Waals surface area contributed by atoms with Crippen molar-refractivity contribution >= 4 is 27.3 Å². The molecule has 0 saturated carbocycles. The van der Waals surface area contributed by atoms with Gasteiger partial charge in [0.1, 0.15) is 5.82 Å². The summed E-state index contributed by atoms with van der Waals surface area (Å²) in [6.45, 7) is 2.04. The second-order valence-corrected chi connectivity index (χ2v) is 5.73. The van der Waals surface area contributed by atoms with E-state index in [4.69, 9.17) is 5.84 Å². The lowest BCUT2D eigenvalue weighted by atomic mass is 10.0. The molecule has 2 nitrogen and oxygen atoms in total. The van der Waals surface area contributed by atoms with Crippen LogP contribution in [0.25, 0.3) is 0 Å². The molecule has 3 N–H and O–H groups in total. The van der Waals surface area contributed by atoms with E-state index in [0.29, 0.717) is 4.47 Å². The number of nitrogens with one attached hydrogen (secondary N) is 1. The molecule has 0 aliphatic heterocycles. The summed E-state index contributed by atoms with van der Waals surface area (Å²) in [6.07, 6.45) is 0. The van der Waals surface area contributed by atoms with Crippen molar-refractivity contribution in [2.24, 2.45) is 5.84 Å². The van der Waals surface area contributed by atoms with Crippen LogP contribution >= 0.6 is 27.3 Å². The molecule has 17 heavy (non-hydrogen) atoms. The van der Waals surface area contributed by atoms with Crippen LogP contribution in [0.15, 0.2) is 34.1 Å². The highest BCUT2D eigenvalue weighted by Gasteiger charge is 2.14. The largest absolute Gasteiger partial charge is 0.271 e. The van der Waals surface area contributed by atoms with E-state index in [1.54, 1.807) is 23.5 Å². The molecule has 1 heterocycles. The van der Waals surface area contributed by atoms with Gasteiger partial charge in [-0.25, -0.2) is 9.82 Å². The molecule has 90 valence electrons. The van der Waals surface area contributed by atoms with Crippen LogP contribution in [-0.4, -0.2) is 0 Å². The van der Waals surface area contributed by atoms with E-state index in [-0.39, 0.29) is 11.9 Å². The molecular formula is C12H12BrFN2S. The number of thiophene rings is 1. The van der Waals surface area contributed by atoms with Crippen LogP contribution < -0.4 is 11.3 Å². The van der Waals surface area contributed by atoms with Crippen molar-refractivity contribution < 1.29 is 4.39 Å². The Morgan fingerprint density at radius 1 is 1.35 bits per heavy atom. The third kappa shape index (κ3) is 2.74. The summed E-state index contributed by atoms with van der Waals surface area (Å²) in [6, 6.07) is 6.87. The van der Waals surface area contributed by atoms with Gasteiger partial charge in [0, 0.05) is 4.88 Å². The molecule has 0 fully saturated rings. The van der Waals surface area contributed by atoms with E-state index in [2.05, 4.69) is 32.8 Å². The van der Waals surface area contributed by atoms with Gasteiger partial charge in [-0.2, -0.15) is 0 Å². The molecule has 0 saturated heterocycles. The van der Waals surface area contributed by atoms with Crippen molar-refractivity contribution in [3.8, 4) is 0 Å². The van der Waals surface area contributed by atoms with Crippen LogP contribution in [0.2, 0.25) is 0 Å². The molecule has 0 radical (unpaired) electrons. The summed E-state index contributed by atoms with van der Waals surface area (Å²) >= 11 is 4.85. The molecule has 2 rings (SSSR count). The minimum absolute atomic E-state index is 0.114. The Kier molecular flexibility index (Phi) is 3.93. The first-order chi connectivity index (χ1) is 8.11. The second-order valence-electron chi connectivity index (χ2n) is 3.76. The molecule has 1 atom stereocenters. The fraction of sp³-hybridized carbons (Fsp3) is 0.167. The SMILES string of the molecule is Cc1cc(C(NN)c2ccc(F)c(Br)c2)cs1. The van der Waals surface area contributed by atoms with Crippen molar-refractivity contribution in [1.82, 2.24) is 5.43 Å². The normalized spacial score (nSPS) is 12.7. The van der Waals surface area contributed by atoms with Crippen molar-refractivity contribution in [3.05, 3.63) is 55.9 Å². The second kappa shape index (κ2) is 5.27. The molecule has 0 aliphatic rings. The number of rotatable bonds is 3. The van der Waals surface area contributed by atoms with E-state index < -0.39 is 0 Å². The molecule has 0 bridgehead atoms. The fourth-order valence-corrected chi connectivity index (χ4v) is 2.82. The number of hydrazine groups is 1. The van der Waals surface area contributed by atoms with Gasteiger partial charge in [0.25, 0.3) is 0 Å². The highest BCUT2D eigenvalue weighted by molar-refractivity contribution is 9.10. The third-order valence-electron chi connectivity index (χ3n) is 2.53. The number of hydrogen-bond donors (Lipinski definition) is 2. The highest BCUT2D eigenvalue weighted by Crippen LogP contribution is 2.28. The molecule has 1 aromatic carbocycles. The molecule has 0 amide bonds. The minimum atomic E-state index is -0.272. The lowest BCUT2D eigenvalue weighted by Gasteiger charge is -2.15. The Bertz CT molecular complexity index is 527. The van der Waals surface area contributed by atoms with Crippen LogP contribution in [0.1, 0.15) is 22.0 Å². The Morgan fingerprint density at radius 3 is 2.65 bits per heavy atom. The zero-order valence-corrected chi connectivity index (χ0v) is 11.6. The van der Waals surface area contributed by atoms with Gasteiger partial charge in [-0.05, 0) is 57.6 Å². The topological polar surface area (TPSA) is 38.0 Å². The van der Waals surface area contributed by atoms with Crippen LogP contribution in [0, 0.1) is 12.7 Å². The van der Waals surface area contributed by atoms with Gasteiger partial charge in [-0.1, -0.05) is 6.07 Å². The molecule has 1 unspecified atom stereocenters. The third-order valence-corrected chi connectivity index (χ3v) is 4.02. The summed E-state index contributed by atoms with van der Waals surface area (Å²) in [4.78, 5) is 1.22. The molecule has 0 spiro atoms. The average Bonchev–Trinajstić information content (AvgIpc) is 2.71. The van der Waals surface area contributed by atoms with Gasteiger partial charge < -0.3 is 0 Å². The van der Waals surface area contributed by atoms with Crippen molar-refractivity contribution in [3.63, 3.8) is 0 Å². The van der Waals surface area contributed by atoms with E-state index in [1.165, 1.54) is 10.9 Å². The lowest BCUT2D eigenvalue weighted by Crippen LogP contribution is -2.28. The summed E-state index contributed by atoms with van der Waals surface area (Å²) in [5, 5.41) is 2.05. The maximum atomic E-state index is 13.2. The van der Waals surface area contributed by atoms with Gasteiger partial charge in [0.15, 0.2) is 0 Å². The van der Waals surface area contributed by atoms with E-state index in [0.717, 1.165) is 11.1 Å². The highest BCUT2D eigenvalue weighted by atomic mass is 79.9. The smallest absolute Gasteiger partial charge is 0.137 e. The zero-order chi connectivity index (χ0) is 12.4. The van der Waals surface area contributed by atoms with E-state index >= 15 is 0 Å². The quantitative estimate of drug-likeness (QED) is 0.672. The van der Waals surface area contributed by atoms with Crippen molar-refractivity contribution in [2.75, 3.05) is 0 Å². The lowest BCUT2D eigenvalue weighted by molar-refractivity contribution is 0.610. The van der Waals surface area contributed by atoms with Gasteiger partial charge >= 0.3 is 0 Å². The van der Waals surface area contributed by atoms with Crippen LogP contribution in [0.5, 0.6) is 0 Å². The van der Waals surface area contributed by atoms with E-state index in [9.17, 15) is 4.39 Å². The van der Waals surface area contributed by atoms with Gasteiger partial charge in [0.2, 0.25) is 0 Å². The maximum absolute atomic E-state index is 13.2. The number of aryl methyl sites for hydroxylation is 1. The van der Waals surface area contributed by atoms with Gasteiger partial charge in [-0.3, -0.25) is 5.84 Å². The van der Waals surface area contributed by atoms with Gasteiger partial charge in [-0.15, -0.1) is 11.3 Å². The molecule has 1 aromatic heterocycles. The number of nitrogens with two attached hydrogens (primary N) is 1. The van der Waals surface area contributed by atoms with Crippen molar-refractivity contribution in [1.29, 1.82) is 0 Å². The number of hydrogen-bond acceptors (Lipinski definition) is 3. The summed E-state index contributed by atoms with van der Waals surface area (Å²) in [7, 11) is 0. The Morgan fingerprint density at radius 2 is 2.12 bits per heavy atom.